The zero-order valence-corrected chi connectivity index (χ0v) is 14.1. The molecule has 0 aromatic heterocycles. The van der Waals surface area contributed by atoms with Gasteiger partial charge >= 0.3 is 8.25 Å². The van der Waals surface area contributed by atoms with Crippen molar-refractivity contribution in [2.75, 3.05) is 0 Å². The minimum atomic E-state index is -2.96. The molecule has 1 unspecified atom stereocenters. The van der Waals surface area contributed by atoms with Crippen molar-refractivity contribution in [1.29, 1.82) is 0 Å². The monoisotopic (exact) mass is 300 g/mol. The summed E-state index contributed by atoms with van der Waals surface area (Å²) in [5.74, 6) is 0.253. The largest absolute Gasteiger partial charge is 0.508 e. The number of hydrogen-bond acceptors (Lipinski definition) is 3. The fourth-order valence-corrected chi connectivity index (χ4v) is 2.47. The molecule has 1 aromatic carbocycles. The Balaban J connectivity index is 3.38. The molecule has 0 amide bonds. The number of phenols is 1. The number of phenolic OH excluding ortho intramolecular Hbond substituents is 1. The first-order valence-corrected chi connectivity index (χ1v) is 7.92. The van der Waals surface area contributed by atoms with Crippen molar-refractivity contribution in [1.82, 2.24) is 0 Å². The Bertz CT molecular complexity index is 510. The summed E-state index contributed by atoms with van der Waals surface area (Å²) in [6, 6.07) is 3.62. The van der Waals surface area contributed by atoms with Crippen molar-refractivity contribution in [3.63, 3.8) is 0 Å². The lowest BCUT2D eigenvalue weighted by Crippen LogP contribution is -2.18. The molecular formula is C15H25O4P. The quantitative estimate of drug-likeness (QED) is 0.831. The van der Waals surface area contributed by atoms with Gasteiger partial charge in [-0.05, 0) is 39.7 Å². The van der Waals surface area contributed by atoms with Crippen molar-refractivity contribution in [3.05, 3.63) is 28.8 Å². The van der Waals surface area contributed by atoms with Crippen LogP contribution in [0.1, 0.15) is 58.2 Å². The van der Waals surface area contributed by atoms with E-state index in [1.165, 1.54) is 0 Å². The van der Waals surface area contributed by atoms with Gasteiger partial charge in [-0.1, -0.05) is 41.5 Å². The molecule has 0 radical (unpaired) electrons. The Hall–Kier alpha value is -0.830. The van der Waals surface area contributed by atoms with Gasteiger partial charge in [0.2, 0.25) is 0 Å². The van der Waals surface area contributed by atoms with E-state index in [0.29, 0.717) is 0 Å². The molecule has 1 rings (SSSR count). The maximum absolute atomic E-state index is 10.8. The first-order chi connectivity index (χ1) is 8.93. The van der Waals surface area contributed by atoms with E-state index in [-0.39, 0.29) is 23.2 Å². The smallest absolute Gasteiger partial charge is 0.316 e. The lowest BCUT2D eigenvalue weighted by molar-refractivity contribution is 0.269. The van der Waals surface area contributed by atoms with E-state index in [9.17, 15) is 9.67 Å². The third-order valence-electron chi connectivity index (χ3n) is 3.19. The summed E-state index contributed by atoms with van der Waals surface area (Å²) in [5.41, 5.74) is 2.18. The highest BCUT2D eigenvalue weighted by Gasteiger charge is 2.25. The van der Waals surface area contributed by atoms with E-state index in [1.807, 2.05) is 47.6 Å². The summed E-state index contributed by atoms with van der Waals surface area (Å²) in [6.07, 6.45) is 0. The summed E-state index contributed by atoms with van der Waals surface area (Å²) >= 11 is 0. The van der Waals surface area contributed by atoms with E-state index in [1.54, 1.807) is 6.07 Å². The molecule has 0 aliphatic heterocycles. The van der Waals surface area contributed by atoms with Crippen LogP contribution in [0, 0.1) is 0 Å². The number of benzene rings is 1. The molecule has 0 saturated carbocycles. The lowest BCUT2D eigenvalue weighted by Gasteiger charge is -2.27. The van der Waals surface area contributed by atoms with Gasteiger partial charge < -0.3 is 14.5 Å². The first kappa shape index (κ1) is 17.2. The fourth-order valence-electron chi connectivity index (χ4n) is 2.19. The van der Waals surface area contributed by atoms with Gasteiger partial charge in [0.15, 0.2) is 0 Å². The highest BCUT2D eigenvalue weighted by molar-refractivity contribution is 7.32. The molecule has 0 heterocycles. The predicted octanol–water partition coefficient (Wildman–Crippen LogP) is 3.89. The van der Waals surface area contributed by atoms with Gasteiger partial charge in [-0.2, -0.15) is 0 Å². The Morgan fingerprint density at radius 2 is 1.55 bits per heavy atom. The van der Waals surface area contributed by atoms with Crippen LogP contribution in [0.3, 0.4) is 0 Å². The third-order valence-corrected chi connectivity index (χ3v) is 3.58. The van der Waals surface area contributed by atoms with Crippen LogP contribution in [0.5, 0.6) is 5.75 Å². The van der Waals surface area contributed by atoms with Crippen LogP contribution in [0.4, 0.5) is 0 Å². The molecule has 1 aromatic rings. The van der Waals surface area contributed by atoms with Gasteiger partial charge in [0.05, 0.1) is 6.61 Å². The molecule has 0 spiro atoms. The molecule has 0 saturated heterocycles. The first-order valence-electron chi connectivity index (χ1n) is 6.65. The molecule has 1 atom stereocenters. The highest BCUT2D eigenvalue weighted by atomic mass is 31.1. The molecule has 0 aliphatic rings. The van der Waals surface area contributed by atoms with Crippen LogP contribution >= 0.6 is 8.25 Å². The fraction of sp³-hybridized carbons (Fsp3) is 0.600. The summed E-state index contributed by atoms with van der Waals surface area (Å²) in [6.45, 7) is 12.2. The average Bonchev–Trinajstić information content (AvgIpc) is 2.23. The number of hydrogen-bond donors (Lipinski definition) is 2. The van der Waals surface area contributed by atoms with E-state index >= 15 is 0 Å². The standard InChI is InChI=1S/C15H25O4P/c1-14(2,3)11-8-13(16)12(15(4,5)6)7-10(11)9-19-20(17)18/h7-8,16,20H,9H2,1-6H3,(H,17,18). The highest BCUT2D eigenvalue weighted by Crippen LogP contribution is 2.38. The van der Waals surface area contributed by atoms with Crippen molar-refractivity contribution < 1.29 is 19.1 Å². The third kappa shape index (κ3) is 4.34. The van der Waals surface area contributed by atoms with Crippen molar-refractivity contribution >= 4 is 8.25 Å². The zero-order chi connectivity index (χ0) is 15.7. The minimum absolute atomic E-state index is 0.0737. The Morgan fingerprint density at radius 1 is 1.05 bits per heavy atom. The predicted molar refractivity (Wildman–Crippen MR) is 81.5 cm³/mol. The molecule has 20 heavy (non-hydrogen) atoms. The zero-order valence-electron chi connectivity index (χ0n) is 13.1. The second-order valence-corrected chi connectivity index (χ2v) is 7.90. The second kappa shape index (κ2) is 5.88. The molecule has 0 aliphatic carbocycles. The average molecular weight is 300 g/mol. The van der Waals surface area contributed by atoms with Gasteiger partial charge in [0.1, 0.15) is 5.75 Å². The van der Waals surface area contributed by atoms with Crippen LogP contribution in [0.25, 0.3) is 0 Å². The Kier molecular flexibility index (Phi) is 5.07. The van der Waals surface area contributed by atoms with Crippen LogP contribution in [-0.4, -0.2) is 10.00 Å². The topological polar surface area (TPSA) is 66.8 Å². The van der Waals surface area contributed by atoms with Crippen LogP contribution in [-0.2, 0) is 26.5 Å². The summed E-state index contributed by atoms with van der Waals surface area (Å²) in [4.78, 5) is 8.87. The van der Waals surface area contributed by atoms with E-state index in [4.69, 9.17) is 9.42 Å². The summed E-state index contributed by atoms with van der Waals surface area (Å²) in [5, 5.41) is 10.2. The minimum Gasteiger partial charge on any atom is -0.508 e. The Labute approximate surface area is 121 Å². The molecule has 0 fully saturated rings. The summed E-state index contributed by atoms with van der Waals surface area (Å²) < 4.78 is 15.7. The molecular weight excluding hydrogens is 275 g/mol. The SMILES string of the molecule is CC(C)(C)c1cc(CO[PH](=O)O)c(C(C)(C)C)cc1O. The van der Waals surface area contributed by atoms with E-state index < -0.39 is 8.25 Å². The second-order valence-electron chi connectivity index (χ2n) is 7.08. The normalized spacial score (nSPS) is 14.3. The van der Waals surface area contributed by atoms with E-state index in [2.05, 4.69) is 0 Å². The lowest BCUT2D eigenvalue weighted by atomic mass is 9.79. The van der Waals surface area contributed by atoms with Gasteiger partial charge in [-0.15, -0.1) is 0 Å². The maximum atomic E-state index is 10.8. The van der Waals surface area contributed by atoms with Crippen LogP contribution in [0.2, 0.25) is 0 Å². The van der Waals surface area contributed by atoms with Crippen molar-refractivity contribution in [2.45, 2.75) is 59.0 Å². The van der Waals surface area contributed by atoms with Crippen molar-refractivity contribution in [3.8, 4) is 5.75 Å². The van der Waals surface area contributed by atoms with Gasteiger partial charge in [-0.3, -0.25) is 4.57 Å². The number of aromatic hydroxyl groups is 1. The molecule has 2 N–H and O–H groups in total. The Morgan fingerprint density at radius 3 is 1.95 bits per heavy atom. The number of rotatable bonds is 3. The maximum Gasteiger partial charge on any atom is 0.316 e. The summed E-state index contributed by atoms with van der Waals surface area (Å²) in [7, 11) is -2.96. The molecule has 0 bridgehead atoms. The van der Waals surface area contributed by atoms with Gasteiger partial charge in [-0.25, -0.2) is 0 Å². The molecule has 4 nitrogen and oxygen atoms in total. The van der Waals surface area contributed by atoms with Crippen molar-refractivity contribution in [2.24, 2.45) is 0 Å². The van der Waals surface area contributed by atoms with Crippen LogP contribution in [0.15, 0.2) is 12.1 Å². The van der Waals surface area contributed by atoms with E-state index in [0.717, 1.165) is 16.7 Å². The molecule has 114 valence electrons. The van der Waals surface area contributed by atoms with Gasteiger partial charge in [0, 0.05) is 0 Å². The van der Waals surface area contributed by atoms with Crippen LogP contribution < -0.4 is 0 Å². The molecule has 5 heteroatoms. The van der Waals surface area contributed by atoms with Gasteiger partial charge in [0.25, 0.3) is 0 Å².